The van der Waals surface area contributed by atoms with Gasteiger partial charge in [-0.3, -0.25) is 0 Å². The molecule has 0 heterocycles. The summed E-state index contributed by atoms with van der Waals surface area (Å²) in [5.74, 6) is 1.28. The van der Waals surface area contributed by atoms with Gasteiger partial charge in [0.15, 0.2) is 0 Å². The van der Waals surface area contributed by atoms with Gasteiger partial charge in [0.2, 0.25) is 0 Å². The Morgan fingerprint density at radius 1 is 0.938 bits per heavy atom. The molecule has 0 aliphatic heterocycles. The number of hydrogen-bond donors (Lipinski definition) is 0. The summed E-state index contributed by atoms with van der Waals surface area (Å²) in [6.07, 6.45) is 12.6. The average molecular weight is 226 g/mol. The van der Waals surface area contributed by atoms with Crippen LogP contribution >= 0.6 is 0 Å². The topological polar surface area (TPSA) is 17.1 Å². The lowest BCUT2D eigenvalue weighted by Crippen LogP contribution is -2.09. The third kappa shape index (κ3) is 8.94. The van der Waals surface area contributed by atoms with Gasteiger partial charge in [-0.1, -0.05) is 65.7 Å². The van der Waals surface area contributed by atoms with Crippen LogP contribution in [0.15, 0.2) is 0 Å². The van der Waals surface area contributed by atoms with E-state index in [1.807, 2.05) is 0 Å². The predicted molar refractivity (Wildman–Crippen MR) is 71.6 cm³/mol. The second-order valence-corrected chi connectivity index (χ2v) is 5.32. The second-order valence-electron chi connectivity index (χ2n) is 5.32. The molecule has 96 valence electrons. The van der Waals surface area contributed by atoms with Gasteiger partial charge in [0, 0.05) is 6.42 Å². The molecule has 0 saturated heterocycles. The highest BCUT2D eigenvalue weighted by Crippen LogP contribution is 2.21. The van der Waals surface area contributed by atoms with Gasteiger partial charge in [0.1, 0.15) is 6.29 Å². The highest BCUT2D eigenvalue weighted by molar-refractivity contribution is 5.49. The highest BCUT2D eigenvalue weighted by atomic mass is 16.1. The molecule has 0 N–H and O–H groups in total. The molecule has 0 aromatic heterocycles. The lowest BCUT2D eigenvalue weighted by atomic mass is 9.88. The minimum absolute atomic E-state index is 0.619. The van der Waals surface area contributed by atoms with Crippen LogP contribution in [0.25, 0.3) is 0 Å². The number of hydrogen-bond acceptors (Lipinski definition) is 1. The standard InChI is InChI=1S/C15H30O/c1-4-5-6-7-8-9-10-11-15(12-13-16)14(2)3/h13-15H,4-12H2,1-3H3. The normalized spacial score (nSPS) is 13.0. The summed E-state index contributed by atoms with van der Waals surface area (Å²) in [7, 11) is 0. The largest absolute Gasteiger partial charge is 0.303 e. The van der Waals surface area contributed by atoms with Crippen LogP contribution in [0.3, 0.4) is 0 Å². The highest BCUT2D eigenvalue weighted by Gasteiger charge is 2.11. The minimum atomic E-state index is 0.619. The van der Waals surface area contributed by atoms with Crippen LogP contribution in [0, 0.1) is 11.8 Å². The van der Waals surface area contributed by atoms with Crippen molar-refractivity contribution in [1.29, 1.82) is 0 Å². The molecule has 1 heteroatoms. The van der Waals surface area contributed by atoms with E-state index in [0.29, 0.717) is 11.8 Å². The molecule has 1 atom stereocenters. The van der Waals surface area contributed by atoms with E-state index < -0.39 is 0 Å². The average Bonchev–Trinajstić information content (AvgIpc) is 2.26. The van der Waals surface area contributed by atoms with Gasteiger partial charge >= 0.3 is 0 Å². The van der Waals surface area contributed by atoms with Crippen molar-refractivity contribution in [3.8, 4) is 0 Å². The Labute approximate surface area is 102 Å². The van der Waals surface area contributed by atoms with Crippen molar-refractivity contribution in [2.75, 3.05) is 0 Å². The molecule has 0 amide bonds. The van der Waals surface area contributed by atoms with E-state index in [4.69, 9.17) is 0 Å². The van der Waals surface area contributed by atoms with E-state index in [1.165, 1.54) is 51.4 Å². The summed E-state index contributed by atoms with van der Waals surface area (Å²) < 4.78 is 0. The van der Waals surface area contributed by atoms with Gasteiger partial charge in [0.05, 0.1) is 0 Å². The monoisotopic (exact) mass is 226 g/mol. The molecule has 0 aromatic rings. The molecular weight excluding hydrogens is 196 g/mol. The zero-order valence-electron chi connectivity index (χ0n) is 11.5. The number of carbonyl (C=O) groups is 1. The van der Waals surface area contributed by atoms with Crippen molar-refractivity contribution in [3.05, 3.63) is 0 Å². The van der Waals surface area contributed by atoms with Gasteiger partial charge < -0.3 is 4.79 Å². The number of unbranched alkanes of at least 4 members (excludes halogenated alkanes) is 6. The van der Waals surface area contributed by atoms with Crippen LogP contribution in [-0.2, 0) is 4.79 Å². The van der Waals surface area contributed by atoms with Crippen LogP contribution in [0.1, 0.15) is 78.6 Å². The molecule has 1 nitrogen and oxygen atoms in total. The first-order valence-electron chi connectivity index (χ1n) is 7.16. The van der Waals surface area contributed by atoms with Crippen molar-refractivity contribution < 1.29 is 4.79 Å². The summed E-state index contributed by atoms with van der Waals surface area (Å²) >= 11 is 0. The Bertz CT molecular complexity index is 152. The Balaban J connectivity index is 3.36. The second kappa shape index (κ2) is 11.2. The molecule has 0 rings (SSSR count). The lowest BCUT2D eigenvalue weighted by Gasteiger charge is -2.17. The summed E-state index contributed by atoms with van der Waals surface area (Å²) in [6, 6.07) is 0. The molecule has 0 aliphatic rings. The number of carbonyl (C=O) groups excluding carboxylic acids is 1. The zero-order chi connectivity index (χ0) is 12.2. The molecule has 1 unspecified atom stereocenters. The summed E-state index contributed by atoms with van der Waals surface area (Å²) in [4.78, 5) is 10.5. The van der Waals surface area contributed by atoms with Crippen molar-refractivity contribution in [3.63, 3.8) is 0 Å². The Morgan fingerprint density at radius 3 is 2.00 bits per heavy atom. The molecule has 0 fully saturated rings. The molecular formula is C15H30O. The van der Waals surface area contributed by atoms with Crippen molar-refractivity contribution in [2.24, 2.45) is 11.8 Å². The fourth-order valence-electron chi connectivity index (χ4n) is 2.21. The van der Waals surface area contributed by atoms with Crippen LogP contribution in [0.2, 0.25) is 0 Å². The first-order chi connectivity index (χ1) is 7.72. The maximum atomic E-state index is 10.5. The van der Waals surface area contributed by atoms with Crippen molar-refractivity contribution in [1.82, 2.24) is 0 Å². The summed E-state index contributed by atoms with van der Waals surface area (Å²) in [5.41, 5.74) is 0. The molecule has 0 saturated carbocycles. The van der Waals surface area contributed by atoms with Crippen LogP contribution in [0.4, 0.5) is 0 Å². The van der Waals surface area contributed by atoms with Crippen LogP contribution in [-0.4, -0.2) is 6.29 Å². The summed E-state index contributed by atoms with van der Waals surface area (Å²) in [5, 5.41) is 0. The van der Waals surface area contributed by atoms with Crippen molar-refractivity contribution in [2.45, 2.75) is 78.6 Å². The smallest absolute Gasteiger partial charge is 0.120 e. The Hall–Kier alpha value is -0.330. The van der Waals surface area contributed by atoms with E-state index in [9.17, 15) is 4.79 Å². The van der Waals surface area contributed by atoms with E-state index in [2.05, 4.69) is 20.8 Å². The van der Waals surface area contributed by atoms with Gasteiger partial charge in [0.25, 0.3) is 0 Å². The molecule has 0 aliphatic carbocycles. The van der Waals surface area contributed by atoms with E-state index in [-0.39, 0.29) is 0 Å². The number of aldehydes is 1. The quantitative estimate of drug-likeness (QED) is 0.358. The first kappa shape index (κ1) is 15.7. The van der Waals surface area contributed by atoms with Gasteiger partial charge in [-0.05, 0) is 18.3 Å². The Morgan fingerprint density at radius 2 is 1.50 bits per heavy atom. The van der Waals surface area contributed by atoms with Crippen LogP contribution < -0.4 is 0 Å². The molecule has 0 bridgehead atoms. The molecule has 0 spiro atoms. The fourth-order valence-corrected chi connectivity index (χ4v) is 2.21. The third-order valence-corrected chi connectivity index (χ3v) is 3.52. The van der Waals surface area contributed by atoms with Gasteiger partial charge in [-0.25, -0.2) is 0 Å². The lowest BCUT2D eigenvalue weighted by molar-refractivity contribution is -0.109. The zero-order valence-corrected chi connectivity index (χ0v) is 11.5. The predicted octanol–water partition coefficient (Wildman–Crippen LogP) is 4.99. The SMILES string of the molecule is CCCCCCCCCC(CC=O)C(C)C. The summed E-state index contributed by atoms with van der Waals surface area (Å²) in [6.45, 7) is 6.72. The minimum Gasteiger partial charge on any atom is -0.303 e. The molecule has 0 radical (unpaired) electrons. The van der Waals surface area contributed by atoms with Crippen molar-refractivity contribution >= 4 is 6.29 Å². The third-order valence-electron chi connectivity index (χ3n) is 3.52. The fraction of sp³-hybridized carbons (Fsp3) is 0.933. The van der Waals surface area contributed by atoms with E-state index >= 15 is 0 Å². The van der Waals surface area contributed by atoms with E-state index in [1.54, 1.807) is 0 Å². The van der Waals surface area contributed by atoms with Gasteiger partial charge in [-0.2, -0.15) is 0 Å². The molecule has 16 heavy (non-hydrogen) atoms. The van der Waals surface area contributed by atoms with E-state index in [0.717, 1.165) is 12.7 Å². The Kier molecular flexibility index (Phi) is 10.9. The van der Waals surface area contributed by atoms with Crippen LogP contribution in [0.5, 0.6) is 0 Å². The maximum Gasteiger partial charge on any atom is 0.120 e. The van der Waals surface area contributed by atoms with Gasteiger partial charge in [-0.15, -0.1) is 0 Å². The maximum absolute atomic E-state index is 10.5. The molecule has 0 aromatic carbocycles. The number of rotatable bonds is 11. The first-order valence-corrected chi connectivity index (χ1v) is 7.16.